The van der Waals surface area contributed by atoms with Gasteiger partial charge in [0.1, 0.15) is 12.5 Å². The van der Waals surface area contributed by atoms with Crippen LogP contribution in [0.2, 0.25) is 0 Å². The van der Waals surface area contributed by atoms with E-state index in [0.717, 1.165) is 37.9 Å². The fraction of sp³-hybridized carbons (Fsp3) is 0.350. The molecule has 1 aliphatic heterocycles. The first-order valence-electron chi connectivity index (χ1n) is 8.89. The normalized spacial score (nSPS) is 17.7. The number of aldehydes is 1. The molecule has 0 bridgehead atoms. The van der Waals surface area contributed by atoms with Gasteiger partial charge in [-0.25, -0.2) is 0 Å². The van der Waals surface area contributed by atoms with Crippen LogP contribution in [0.25, 0.3) is 0 Å². The third-order valence-corrected chi connectivity index (χ3v) is 4.79. The third-order valence-electron chi connectivity index (χ3n) is 4.79. The van der Waals surface area contributed by atoms with Gasteiger partial charge >= 0.3 is 0 Å². The quantitative estimate of drug-likeness (QED) is 0.673. The lowest BCUT2D eigenvalue weighted by Gasteiger charge is -2.46. The Kier molecular flexibility index (Phi) is 6.33. The van der Waals surface area contributed by atoms with Crippen LogP contribution in [-0.2, 0) is 16.0 Å². The summed E-state index contributed by atoms with van der Waals surface area (Å²) in [5.41, 5.74) is 2.25. The molecule has 1 fully saturated rings. The van der Waals surface area contributed by atoms with Crippen LogP contribution < -0.4 is 4.90 Å². The van der Waals surface area contributed by atoms with Crippen molar-refractivity contribution in [2.75, 3.05) is 37.6 Å². The summed E-state index contributed by atoms with van der Waals surface area (Å²) in [6.45, 7) is 3.23. The van der Waals surface area contributed by atoms with Crippen molar-refractivity contribution >= 4 is 18.4 Å². The predicted octanol–water partition coefficient (Wildman–Crippen LogP) is 1.43. The van der Waals surface area contributed by atoms with Gasteiger partial charge in [0.15, 0.2) is 0 Å². The number of pyridine rings is 1. The molecule has 1 atom stereocenters. The zero-order valence-electron chi connectivity index (χ0n) is 14.8. The largest absolute Gasteiger partial charge is 0.349 e. The van der Waals surface area contributed by atoms with Gasteiger partial charge < -0.3 is 14.6 Å². The molecule has 6 nitrogen and oxygen atoms in total. The highest BCUT2D eigenvalue weighted by Gasteiger charge is 2.31. The van der Waals surface area contributed by atoms with Gasteiger partial charge in [-0.1, -0.05) is 30.3 Å². The average molecular weight is 352 g/mol. The fourth-order valence-corrected chi connectivity index (χ4v) is 3.39. The first-order valence-corrected chi connectivity index (χ1v) is 8.89. The SMILES string of the molecule is O=CCN1CCN(c2ccncc2)C(N(C=O)CCc2ccccc2)C1. The molecule has 1 amide bonds. The van der Waals surface area contributed by atoms with Gasteiger partial charge in [-0.15, -0.1) is 0 Å². The lowest BCUT2D eigenvalue weighted by Crippen LogP contribution is -2.60. The van der Waals surface area contributed by atoms with Crippen LogP contribution in [0.15, 0.2) is 54.9 Å². The zero-order chi connectivity index (χ0) is 18.2. The topological polar surface area (TPSA) is 56.8 Å². The Morgan fingerprint density at radius 1 is 1.08 bits per heavy atom. The van der Waals surface area contributed by atoms with Gasteiger partial charge in [0.25, 0.3) is 0 Å². The van der Waals surface area contributed by atoms with Gasteiger partial charge in [-0.05, 0) is 24.1 Å². The molecule has 1 aliphatic rings. The van der Waals surface area contributed by atoms with Gasteiger partial charge in [-0.2, -0.15) is 0 Å². The Morgan fingerprint density at radius 3 is 2.54 bits per heavy atom. The molecule has 0 radical (unpaired) electrons. The van der Waals surface area contributed by atoms with Crippen molar-refractivity contribution in [3.63, 3.8) is 0 Å². The Balaban J connectivity index is 1.76. The van der Waals surface area contributed by atoms with Crippen LogP contribution in [0, 0.1) is 0 Å². The molecular formula is C20H24N4O2. The molecule has 3 rings (SSSR count). The first-order chi connectivity index (χ1) is 12.8. The lowest BCUT2D eigenvalue weighted by molar-refractivity contribution is -0.121. The second-order valence-corrected chi connectivity index (χ2v) is 6.38. The number of nitrogens with zero attached hydrogens (tertiary/aromatic N) is 4. The number of hydrogen-bond donors (Lipinski definition) is 0. The summed E-state index contributed by atoms with van der Waals surface area (Å²) < 4.78 is 0. The van der Waals surface area contributed by atoms with Gasteiger partial charge in [0.05, 0.1) is 6.54 Å². The molecule has 0 saturated carbocycles. The minimum atomic E-state index is -0.104. The third kappa shape index (κ3) is 4.46. The molecule has 1 saturated heterocycles. The van der Waals surface area contributed by atoms with E-state index in [4.69, 9.17) is 0 Å². The van der Waals surface area contributed by atoms with Crippen molar-refractivity contribution < 1.29 is 9.59 Å². The van der Waals surface area contributed by atoms with Crippen LogP contribution in [0.3, 0.4) is 0 Å². The van der Waals surface area contributed by atoms with Crippen molar-refractivity contribution in [3.05, 3.63) is 60.4 Å². The zero-order valence-corrected chi connectivity index (χ0v) is 14.8. The second-order valence-electron chi connectivity index (χ2n) is 6.38. The average Bonchev–Trinajstić information content (AvgIpc) is 2.70. The lowest BCUT2D eigenvalue weighted by atomic mass is 10.1. The van der Waals surface area contributed by atoms with Crippen molar-refractivity contribution in [2.24, 2.45) is 0 Å². The Bertz CT molecular complexity index is 695. The van der Waals surface area contributed by atoms with Crippen molar-refractivity contribution in [1.82, 2.24) is 14.8 Å². The summed E-state index contributed by atoms with van der Waals surface area (Å²) in [6.07, 6.45) is 6.07. The number of amides is 1. The van der Waals surface area contributed by atoms with Crippen molar-refractivity contribution in [1.29, 1.82) is 0 Å². The van der Waals surface area contributed by atoms with E-state index in [1.54, 1.807) is 12.4 Å². The minimum Gasteiger partial charge on any atom is -0.349 e. The highest BCUT2D eigenvalue weighted by molar-refractivity contribution is 5.54. The summed E-state index contributed by atoms with van der Waals surface area (Å²) in [5, 5.41) is 0. The number of aromatic nitrogens is 1. The number of carbonyl (C=O) groups is 2. The summed E-state index contributed by atoms with van der Waals surface area (Å²) in [6, 6.07) is 14.1. The molecule has 136 valence electrons. The van der Waals surface area contributed by atoms with E-state index in [2.05, 4.69) is 26.9 Å². The van der Waals surface area contributed by atoms with Crippen molar-refractivity contribution in [2.45, 2.75) is 12.6 Å². The summed E-state index contributed by atoms with van der Waals surface area (Å²) in [7, 11) is 0. The number of benzene rings is 1. The van der Waals surface area contributed by atoms with E-state index in [1.165, 1.54) is 5.56 Å². The summed E-state index contributed by atoms with van der Waals surface area (Å²) >= 11 is 0. The van der Waals surface area contributed by atoms with E-state index >= 15 is 0 Å². The van der Waals surface area contributed by atoms with E-state index < -0.39 is 0 Å². The van der Waals surface area contributed by atoms with Crippen LogP contribution >= 0.6 is 0 Å². The first kappa shape index (κ1) is 18.1. The molecule has 1 unspecified atom stereocenters. The second kappa shape index (κ2) is 9.10. The van der Waals surface area contributed by atoms with Crippen LogP contribution in [-0.4, -0.2) is 66.4 Å². The van der Waals surface area contributed by atoms with Crippen molar-refractivity contribution in [3.8, 4) is 0 Å². The number of rotatable bonds is 8. The predicted molar refractivity (Wildman–Crippen MR) is 101 cm³/mol. The minimum absolute atomic E-state index is 0.104. The highest BCUT2D eigenvalue weighted by Crippen LogP contribution is 2.21. The number of carbonyl (C=O) groups excluding carboxylic acids is 2. The van der Waals surface area contributed by atoms with Gasteiger partial charge in [0, 0.05) is 44.3 Å². The van der Waals surface area contributed by atoms with Crippen LogP contribution in [0.5, 0.6) is 0 Å². The molecule has 0 aliphatic carbocycles. The monoisotopic (exact) mass is 352 g/mol. The van der Waals surface area contributed by atoms with Crippen LogP contribution in [0.1, 0.15) is 5.56 Å². The number of anilines is 1. The standard InChI is InChI=1S/C20H24N4O2/c25-15-14-22-12-13-24(19-6-9-21-10-7-19)20(16-22)23(17-26)11-8-18-4-2-1-3-5-18/h1-7,9-10,15,17,20H,8,11-14,16H2. The molecule has 0 spiro atoms. The molecule has 2 heterocycles. The smallest absolute Gasteiger partial charge is 0.211 e. The molecule has 26 heavy (non-hydrogen) atoms. The van der Waals surface area contributed by atoms with E-state index in [1.807, 2.05) is 35.2 Å². The molecule has 1 aromatic carbocycles. The molecular weight excluding hydrogens is 328 g/mol. The maximum absolute atomic E-state index is 11.9. The van der Waals surface area contributed by atoms with Gasteiger partial charge in [-0.3, -0.25) is 14.7 Å². The number of piperazine rings is 1. The Hall–Kier alpha value is -2.73. The maximum Gasteiger partial charge on any atom is 0.211 e. The molecule has 6 heteroatoms. The highest BCUT2D eigenvalue weighted by atomic mass is 16.1. The van der Waals surface area contributed by atoms with E-state index in [9.17, 15) is 9.59 Å². The van der Waals surface area contributed by atoms with Crippen LogP contribution in [0.4, 0.5) is 5.69 Å². The maximum atomic E-state index is 11.9. The Morgan fingerprint density at radius 2 is 1.85 bits per heavy atom. The number of hydrogen-bond acceptors (Lipinski definition) is 5. The molecule has 0 N–H and O–H groups in total. The molecule has 1 aromatic heterocycles. The summed E-state index contributed by atoms with van der Waals surface area (Å²) in [5.74, 6) is 0. The Labute approximate surface area is 154 Å². The summed E-state index contributed by atoms with van der Waals surface area (Å²) in [4.78, 5) is 33.0. The molecule has 2 aromatic rings. The fourth-order valence-electron chi connectivity index (χ4n) is 3.39. The van der Waals surface area contributed by atoms with Gasteiger partial charge in [0.2, 0.25) is 6.41 Å². The van der Waals surface area contributed by atoms with E-state index in [0.29, 0.717) is 19.6 Å². The van der Waals surface area contributed by atoms with E-state index in [-0.39, 0.29) is 6.17 Å².